The lowest BCUT2D eigenvalue weighted by molar-refractivity contribution is 0.317. The van der Waals surface area contributed by atoms with E-state index in [9.17, 15) is 0 Å². The lowest BCUT2D eigenvalue weighted by atomic mass is 10.0. The van der Waals surface area contributed by atoms with Crippen molar-refractivity contribution in [3.05, 3.63) is 54.2 Å². The highest BCUT2D eigenvalue weighted by Gasteiger charge is 2.08. The molecule has 3 nitrogen and oxygen atoms in total. The summed E-state index contributed by atoms with van der Waals surface area (Å²) in [5.41, 5.74) is 1.33. The van der Waals surface area contributed by atoms with E-state index in [0.717, 1.165) is 24.5 Å². The van der Waals surface area contributed by atoms with Crippen LogP contribution in [0.25, 0.3) is 0 Å². The molecule has 1 unspecified atom stereocenters. The zero-order valence-corrected chi connectivity index (χ0v) is 12.2. The minimum absolute atomic E-state index is 0.428. The molecule has 1 heterocycles. The second kappa shape index (κ2) is 7.53. The molecule has 2 rings (SSSR count). The van der Waals surface area contributed by atoms with Crippen LogP contribution in [0.1, 0.15) is 31.7 Å². The third-order valence-corrected chi connectivity index (χ3v) is 3.18. The molecule has 1 aromatic carbocycles. The van der Waals surface area contributed by atoms with Crippen LogP contribution in [-0.2, 0) is 0 Å². The molecule has 0 saturated carbocycles. The van der Waals surface area contributed by atoms with Crippen LogP contribution >= 0.6 is 0 Å². The van der Waals surface area contributed by atoms with Gasteiger partial charge < -0.3 is 10.1 Å². The Hall–Kier alpha value is -2.03. The summed E-state index contributed by atoms with van der Waals surface area (Å²) in [5.74, 6) is 2.08. The van der Waals surface area contributed by atoms with Crippen LogP contribution < -0.4 is 10.1 Å². The largest absolute Gasteiger partial charge is 0.490 e. The Kier molecular flexibility index (Phi) is 5.42. The molecular weight excluding hydrogens is 248 g/mol. The first kappa shape index (κ1) is 14.4. The molecule has 0 saturated heterocycles. The van der Waals surface area contributed by atoms with E-state index in [4.69, 9.17) is 4.74 Å². The SMILES string of the molecule is CCCOc1cccnc1NCC(C)c1ccccc1. The van der Waals surface area contributed by atoms with Gasteiger partial charge in [0.05, 0.1) is 6.61 Å². The van der Waals surface area contributed by atoms with Crippen molar-refractivity contribution in [1.82, 2.24) is 4.98 Å². The fraction of sp³-hybridized carbons (Fsp3) is 0.353. The smallest absolute Gasteiger partial charge is 0.168 e. The third-order valence-electron chi connectivity index (χ3n) is 3.18. The number of hydrogen-bond donors (Lipinski definition) is 1. The maximum Gasteiger partial charge on any atom is 0.168 e. The van der Waals surface area contributed by atoms with Gasteiger partial charge >= 0.3 is 0 Å². The number of nitrogens with one attached hydrogen (secondary N) is 1. The van der Waals surface area contributed by atoms with Gasteiger partial charge in [-0.25, -0.2) is 4.98 Å². The number of anilines is 1. The average Bonchev–Trinajstić information content (AvgIpc) is 2.52. The molecule has 0 amide bonds. The molecule has 0 spiro atoms. The Morgan fingerprint density at radius 3 is 2.70 bits per heavy atom. The van der Waals surface area contributed by atoms with Gasteiger partial charge in [-0.15, -0.1) is 0 Å². The van der Waals surface area contributed by atoms with E-state index in [1.807, 2.05) is 18.2 Å². The molecule has 0 aliphatic carbocycles. The van der Waals surface area contributed by atoms with E-state index in [0.29, 0.717) is 12.5 Å². The van der Waals surface area contributed by atoms with Gasteiger partial charge in [-0.05, 0) is 30.0 Å². The van der Waals surface area contributed by atoms with Crippen LogP contribution in [0.2, 0.25) is 0 Å². The quantitative estimate of drug-likeness (QED) is 0.823. The zero-order chi connectivity index (χ0) is 14.2. The van der Waals surface area contributed by atoms with Gasteiger partial charge in [-0.1, -0.05) is 44.2 Å². The highest BCUT2D eigenvalue weighted by Crippen LogP contribution is 2.22. The predicted molar refractivity (Wildman–Crippen MR) is 83.4 cm³/mol. The molecule has 1 N–H and O–H groups in total. The van der Waals surface area contributed by atoms with E-state index in [2.05, 4.69) is 48.4 Å². The standard InChI is InChI=1S/C17H22N2O/c1-3-12-20-16-10-7-11-18-17(16)19-13-14(2)15-8-5-4-6-9-15/h4-11,14H,3,12-13H2,1-2H3,(H,18,19). The topological polar surface area (TPSA) is 34.1 Å². The first-order chi connectivity index (χ1) is 9.81. The Labute approximate surface area is 121 Å². The molecule has 3 heteroatoms. The zero-order valence-electron chi connectivity index (χ0n) is 12.2. The summed E-state index contributed by atoms with van der Waals surface area (Å²) in [6.45, 7) is 5.86. The monoisotopic (exact) mass is 270 g/mol. The highest BCUT2D eigenvalue weighted by molar-refractivity contribution is 5.49. The van der Waals surface area contributed by atoms with Crippen molar-refractivity contribution < 1.29 is 4.74 Å². The summed E-state index contributed by atoms with van der Waals surface area (Å²) in [6, 6.07) is 14.3. The molecule has 1 aromatic heterocycles. The first-order valence-electron chi connectivity index (χ1n) is 7.18. The Bertz CT molecular complexity index is 513. The molecule has 0 fully saturated rings. The fourth-order valence-corrected chi connectivity index (χ4v) is 2.00. The lowest BCUT2D eigenvalue weighted by Crippen LogP contribution is -2.12. The normalized spacial score (nSPS) is 11.9. The Morgan fingerprint density at radius 2 is 1.95 bits per heavy atom. The number of pyridine rings is 1. The molecule has 20 heavy (non-hydrogen) atoms. The molecule has 1 atom stereocenters. The minimum atomic E-state index is 0.428. The van der Waals surface area contributed by atoms with Crippen LogP contribution in [0.15, 0.2) is 48.7 Å². The van der Waals surface area contributed by atoms with E-state index >= 15 is 0 Å². The van der Waals surface area contributed by atoms with E-state index in [1.54, 1.807) is 6.20 Å². The predicted octanol–water partition coefficient (Wildman–Crippen LogP) is 4.09. The number of hydrogen-bond acceptors (Lipinski definition) is 3. The second-order valence-corrected chi connectivity index (χ2v) is 4.89. The van der Waals surface area contributed by atoms with Crippen molar-refractivity contribution in [1.29, 1.82) is 0 Å². The van der Waals surface area contributed by atoms with E-state index in [-0.39, 0.29) is 0 Å². The van der Waals surface area contributed by atoms with Crippen molar-refractivity contribution in [2.75, 3.05) is 18.5 Å². The number of aromatic nitrogens is 1. The molecule has 106 valence electrons. The van der Waals surface area contributed by atoms with Gasteiger partial charge in [0.1, 0.15) is 0 Å². The molecule has 0 aliphatic rings. The molecular formula is C17H22N2O. The van der Waals surface area contributed by atoms with Gasteiger partial charge in [-0.3, -0.25) is 0 Å². The summed E-state index contributed by atoms with van der Waals surface area (Å²) in [4.78, 5) is 4.36. The number of benzene rings is 1. The lowest BCUT2D eigenvalue weighted by Gasteiger charge is -2.15. The van der Waals surface area contributed by atoms with E-state index < -0.39 is 0 Å². The number of ether oxygens (including phenoxy) is 1. The van der Waals surface area contributed by atoms with Gasteiger partial charge in [0.15, 0.2) is 11.6 Å². The first-order valence-corrected chi connectivity index (χ1v) is 7.18. The molecule has 2 aromatic rings. The highest BCUT2D eigenvalue weighted by atomic mass is 16.5. The summed E-state index contributed by atoms with van der Waals surface area (Å²) in [6.07, 6.45) is 2.78. The summed E-state index contributed by atoms with van der Waals surface area (Å²) in [7, 11) is 0. The van der Waals surface area contributed by atoms with Crippen LogP contribution in [0.4, 0.5) is 5.82 Å². The molecule has 0 bridgehead atoms. The maximum atomic E-state index is 5.70. The third kappa shape index (κ3) is 3.98. The Morgan fingerprint density at radius 1 is 1.15 bits per heavy atom. The van der Waals surface area contributed by atoms with Crippen LogP contribution in [0, 0.1) is 0 Å². The fourth-order valence-electron chi connectivity index (χ4n) is 2.00. The van der Waals surface area contributed by atoms with Crippen LogP contribution in [0.5, 0.6) is 5.75 Å². The van der Waals surface area contributed by atoms with Crippen molar-refractivity contribution in [3.8, 4) is 5.75 Å². The van der Waals surface area contributed by atoms with Gasteiger partial charge in [0.2, 0.25) is 0 Å². The van der Waals surface area contributed by atoms with Crippen molar-refractivity contribution >= 4 is 5.82 Å². The average molecular weight is 270 g/mol. The van der Waals surface area contributed by atoms with Crippen molar-refractivity contribution in [3.63, 3.8) is 0 Å². The maximum absolute atomic E-state index is 5.70. The Balaban J connectivity index is 1.96. The van der Waals surface area contributed by atoms with Crippen LogP contribution in [0.3, 0.4) is 0 Å². The van der Waals surface area contributed by atoms with Gasteiger partial charge in [-0.2, -0.15) is 0 Å². The van der Waals surface area contributed by atoms with Gasteiger partial charge in [0.25, 0.3) is 0 Å². The molecule has 0 aliphatic heterocycles. The summed E-state index contributed by atoms with van der Waals surface area (Å²) >= 11 is 0. The number of nitrogens with zero attached hydrogens (tertiary/aromatic N) is 1. The summed E-state index contributed by atoms with van der Waals surface area (Å²) < 4.78 is 5.70. The van der Waals surface area contributed by atoms with Crippen LogP contribution in [-0.4, -0.2) is 18.1 Å². The molecule has 0 radical (unpaired) electrons. The van der Waals surface area contributed by atoms with Crippen molar-refractivity contribution in [2.24, 2.45) is 0 Å². The van der Waals surface area contributed by atoms with Crippen molar-refractivity contribution in [2.45, 2.75) is 26.2 Å². The second-order valence-electron chi connectivity index (χ2n) is 4.89. The van der Waals surface area contributed by atoms with Gasteiger partial charge in [0, 0.05) is 12.7 Å². The number of rotatable bonds is 7. The summed E-state index contributed by atoms with van der Waals surface area (Å²) in [5, 5.41) is 3.38. The van der Waals surface area contributed by atoms with E-state index in [1.165, 1.54) is 5.56 Å². The minimum Gasteiger partial charge on any atom is -0.490 e.